The Morgan fingerprint density at radius 1 is 1.25 bits per heavy atom. The molecule has 1 aromatic carbocycles. The average molecular weight is 366 g/mol. The van der Waals surface area contributed by atoms with Crippen LogP contribution in [0.25, 0.3) is 11.3 Å². The number of amides is 1. The van der Waals surface area contributed by atoms with Gasteiger partial charge >= 0.3 is 0 Å². The molecule has 1 aliphatic carbocycles. The van der Waals surface area contributed by atoms with Crippen LogP contribution >= 0.6 is 23.7 Å². The summed E-state index contributed by atoms with van der Waals surface area (Å²) in [5, 5.41) is 3.67. The van der Waals surface area contributed by atoms with Crippen LogP contribution in [-0.4, -0.2) is 16.9 Å². The second-order valence-electron chi connectivity index (χ2n) is 6.40. The fraction of sp³-hybridized carbons (Fsp3) is 0.444. The number of nitrogens with two attached hydrogens (primary N) is 1. The number of anilines is 1. The Morgan fingerprint density at radius 2 is 1.96 bits per heavy atom. The maximum Gasteiger partial charge on any atom is 0.229 e. The second-order valence-corrected chi connectivity index (χ2v) is 7.61. The van der Waals surface area contributed by atoms with Crippen LogP contribution < -0.4 is 11.1 Å². The maximum atomic E-state index is 12.4. The predicted molar refractivity (Wildman–Crippen MR) is 103 cm³/mol. The number of thiazole rings is 1. The van der Waals surface area contributed by atoms with Crippen LogP contribution in [0.4, 0.5) is 5.13 Å². The van der Waals surface area contributed by atoms with Crippen molar-refractivity contribution < 1.29 is 4.79 Å². The summed E-state index contributed by atoms with van der Waals surface area (Å²) in [5.41, 5.74) is 9.24. The van der Waals surface area contributed by atoms with Crippen LogP contribution in [0.3, 0.4) is 0 Å². The van der Waals surface area contributed by atoms with Crippen LogP contribution in [0.5, 0.6) is 0 Å². The first-order valence-corrected chi connectivity index (χ1v) is 8.95. The van der Waals surface area contributed by atoms with Crippen molar-refractivity contribution in [2.45, 2.75) is 45.6 Å². The van der Waals surface area contributed by atoms with Crippen molar-refractivity contribution in [3.63, 3.8) is 0 Å². The second kappa shape index (κ2) is 8.10. The fourth-order valence-electron chi connectivity index (χ4n) is 3.10. The number of nitrogens with one attached hydrogen (secondary N) is 1. The van der Waals surface area contributed by atoms with Gasteiger partial charge in [0.2, 0.25) is 5.91 Å². The number of halogens is 1. The van der Waals surface area contributed by atoms with Crippen molar-refractivity contribution in [1.82, 2.24) is 4.98 Å². The Bertz CT molecular complexity index is 699. The molecule has 130 valence electrons. The Balaban J connectivity index is 0.00000208. The lowest BCUT2D eigenvalue weighted by atomic mass is 9.86. The van der Waals surface area contributed by atoms with Crippen LogP contribution in [-0.2, 0) is 4.79 Å². The zero-order valence-electron chi connectivity index (χ0n) is 14.0. The number of aryl methyl sites for hydroxylation is 2. The zero-order valence-corrected chi connectivity index (χ0v) is 15.7. The Morgan fingerprint density at radius 3 is 2.62 bits per heavy atom. The molecule has 1 fully saturated rings. The fourth-order valence-corrected chi connectivity index (χ4v) is 3.94. The van der Waals surface area contributed by atoms with Crippen molar-refractivity contribution >= 4 is 34.8 Å². The molecule has 4 nitrogen and oxygen atoms in total. The highest BCUT2D eigenvalue weighted by Gasteiger charge is 2.26. The summed E-state index contributed by atoms with van der Waals surface area (Å²) in [4.78, 5) is 18.1. The molecule has 1 aliphatic rings. The van der Waals surface area contributed by atoms with Gasteiger partial charge in [-0.3, -0.25) is 4.79 Å². The van der Waals surface area contributed by atoms with E-state index in [2.05, 4.69) is 41.5 Å². The van der Waals surface area contributed by atoms with E-state index in [0.717, 1.165) is 41.8 Å². The molecule has 0 aliphatic heterocycles. The van der Waals surface area contributed by atoms with Crippen LogP contribution in [0.1, 0.15) is 36.1 Å². The molecule has 0 radical (unpaired) electrons. The van der Waals surface area contributed by atoms with Gasteiger partial charge in [0, 0.05) is 22.4 Å². The van der Waals surface area contributed by atoms with E-state index in [0.29, 0.717) is 5.13 Å². The van der Waals surface area contributed by atoms with E-state index in [-0.39, 0.29) is 30.3 Å². The zero-order chi connectivity index (χ0) is 16.4. The molecule has 1 saturated carbocycles. The molecular formula is C18H24ClN3OS. The number of carbonyl (C=O) groups is 1. The normalized spacial score (nSPS) is 20.3. The van der Waals surface area contributed by atoms with Crippen molar-refractivity contribution in [2.24, 2.45) is 11.7 Å². The van der Waals surface area contributed by atoms with Gasteiger partial charge < -0.3 is 11.1 Å². The Hall–Kier alpha value is -1.43. The van der Waals surface area contributed by atoms with Gasteiger partial charge in [-0.2, -0.15) is 0 Å². The summed E-state index contributed by atoms with van der Waals surface area (Å²) in [6.45, 7) is 4.11. The minimum atomic E-state index is 0. The number of benzene rings is 1. The Labute approximate surface area is 153 Å². The van der Waals surface area contributed by atoms with Gasteiger partial charge in [0.15, 0.2) is 5.13 Å². The number of aromatic nitrogens is 1. The van der Waals surface area contributed by atoms with Crippen molar-refractivity contribution in [3.8, 4) is 11.3 Å². The van der Waals surface area contributed by atoms with Gasteiger partial charge in [0.05, 0.1) is 5.69 Å². The van der Waals surface area contributed by atoms with E-state index in [1.807, 2.05) is 6.92 Å². The lowest BCUT2D eigenvalue weighted by molar-refractivity contribution is -0.120. The highest BCUT2D eigenvalue weighted by atomic mass is 35.5. The minimum absolute atomic E-state index is 0. The molecule has 2 unspecified atom stereocenters. The highest BCUT2D eigenvalue weighted by Crippen LogP contribution is 2.31. The van der Waals surface area contributed by atoms with Crippen LogP contribution in [0.2, 0.25) is 0 Å². The molecule has 0 bridgehead atoms. The molecule has 0 spiro atoms. The van der Waals surface area contributed by atoms with Gasteiger partial charge in [-0.25, -0.2) is 4.98 Å². The summed E-state index contributed by atoms with van der Waals surface area (Å²) >= 11 is 1.53. The molecule has 2 atom stereocenters. The number of hydrogen-bond donors (Lipinski definition) is 2. The summed E-state index contributed by atoms with van der Waals surface area (Å²) in [6.07, 6.45) is 3.76. The molecule has 0 saturated heterocycles. The van der Waals surface area contributed by atoms with E-state index in [1.54, 1.807) is 0 Å². The van der Waals surface area contributed by atoms with Gasteiger partial charge in [0.1, 0.15) is 0 Å². The van der Waals surface area contributed by atoms with Gasteiger partial charge in [0.25, 0.3) is 0 Å². The topological polar surface area (TPSA) is 68.0 Å². The maximum absolute atomic E-state index is 12.4. The lowest BCUT2D eigenvalue weighted by Crippen LogP contribution is -2.34. The minimum Gasteiger partial charge on any atom is -0.328 e. The largest absolute Gasteiger partial charge is 0.328 e. The monoisotopic (exact) mass is 365 g/mol. The third-order valence-corrected chi connectivity index (χ3v) is 5.32. The van der Waals surface area contributed by atoms with E-state index in [4.69, 9.17) is 5.73 Å². The molecule has 1 heterocycles. The summed E-state index contributed by atoms with van der Waals surface area (Å²) in [6, 6.07) is 8.46. The van der Waals surface area contributed by atoms with Gasteiger partial charge in [-0.05, 0) is 33.1 Å². The smallest absolute Gasteiger partial charge is 0.229 e. The molecular weight excluding hydrogens is 342 g/mol. The highest BCUT2D eigenvalue weighted by molar-refractivity contribution is 7.16. The van der Waals surface area contributed by atoms with Crippen molar-refractivity contribution in [3.05, 3.63) is 34.7 Å². The van der Waals surface area contributed by atoms with Crippen LogP contribution in [0.15, 0.2) is 24.3 Å². The molecule has 24 heavy (non-hydrogen) atoms. The molecule has 3 rings (SSSR count). The first-order valence-electron chi connectivity index (χ1n) is 8.14. The quantitative estimate of drug-likeness (QED) is 0.851. The number of hydrogen-bond acceptors (Lipinski definition) is 4. The summed E-state index contributed by atoms with van der Waals surface area (Å²) < 4.78 is 0. The molecule has 1 aromatic heterocycles. The molecule has 2 aromatic rings. The number of rotatable bonds is 3. The van der Waals surface area contributed by atoms with E-state index in [9.17, 15) is 4.79 Å². The third-order valence-electron chi connectivity index (χ3n) is 4.44. The van der Waals surface area contributed by atoms with E-state index < -0.39 is 0 Å². The Kier molecular flexibility index (Phi) is 6.38. The van der Waals surface area contributed by atoms with E-state index >= 15 is 0 Å². The third kappa shape index (κ3) is 4.35. The number of carbonyl (C=O) groups excluding carboxylic acids is 1. The first-order chi connectivity index (χ1) is 11.0. The standard InChI is InChI=1S/C18H23N3OS.ClH/c1-11-6-8-13(9-7-11)16-12(2)23-18(20-16)21-17(22)14-4-3-5-15(19)10-14;/h6-9,14-15H,3-5,10,19H2,1-2H3,(H,20,21,22);1H. The summed E-state index contributed by atoms with van der Waals surface area (Å²) in [7, 11) is 0. The van der Waals surface area contributed by atoms with Crippen molar-refractivity contribution in [2.75, 3.05) is 5.32 Å². The number of nitrogens with zero attached hydrogens (tertiary/aromatic N) is 1. The molecule has 6 heteroatoms. The van der Waals surface area contributed by atoms with Crippen LogP contribution in [0, 0.1) is 19.8 Å². The predicted octanol–water partition coefficient (Wildman–Crippen LogP) is 4.30. The molecule has 1 amide bonds. The average Bonchev–Trinajstić information content (AvgIpc) is 2.88. The van der Waals surface area contributed by atoms with Gasteiger partial charge in [-0.15, -0.1) is 23.7 Å². The summed E-state index contributed by atoms with van der Waals surface area (Å²) in [5.74, 6) is 0.0788. The lowest BCUT2D eigenvalue weighted by Gasteiger charge is -2.25. The van der Waals surface area contributed by atoms with Crippen molar-refractivity contribution in [1.29, 1.82) is 0 Å². The van der Waals surface area contributed by atoms with Gasteiger partial charge in [-0.1, -0.05) is 36.2 Å². The first kappa shape index (κ1) is 18.9. The molecule has 3 N–H and O–H groups in total. The SMILES string of the molecule is Cc1ccc(-c2nc(NC(=O)C3CCCC(N)C3)sc2C)cc1.Cl. The van der Waals surface area contributed by atoms with E-state index in [1.165, 1.54) is 16.9 Å².